The number of nitrogens with one attached hydrogen (secondary N) is 1. The number of hydrogen-bond donors (Lipinski definition) is 2. The SMILES string of the molecule is COc1ccc(CNC(=O)C[C@H](C)CC(=O)O)cc1OC. The second kappa shape index (κ2) is 8.14. The predicted molar refractivity (Wildman–Crippen MR) is 77.4 cm³/mol. The minimum atomic E-state index is -0.893. The molecule has 0 radical (unpaired) electrons. The Labute approximate surface area is 124 Å². The minimum absolute atomic E-state index is 0.0101. The van der Waals surface area contributed by atoms with Gasteiger partial charge in [0.05, 0.1) is 14.2 Å². The van der Waals surface area contributed by atoms with Crippen LogP contribution in [0.15, 0.2) is 18.2 Å². The zero-order valence-corrected chi connectivity index (χ0v) is 12.5. The van der Waals surface area contributed by atoms with Gasteiger partial charge < -0.3 is 19.9 Å². The Hall–Kier alpha value is -2.24. The van der Waals surface area contributed by atoms with Gasteiger partial charge in [0, 0.05) is 19.4 Å². The monoisotopic (exact) mass is 295 g/mol. The van der Waals surface area contributed by atoms with Gasteiger partial charge >= 0.3 is 5.97 Å². The average Bonchev–Trinajstić information content (AvgIpc) is 2.43. The maximum Gasteiger partial charge on any atom is 0.303 e. The third kappa shape index (κ3) is 5.72. The van der Waals surface area contributed by atoms with Gasteiger partial charge in [-0.25, -0.2) is 0 Å². The first-order chi connectivity index (χ1) is 9.96. The van der Waals surface area contributed by atoms with Crippen LogP contribution in [-0.4, -0.2) is 31.2 Å². The molecule has 0 saturated heterocycles. The Kier molecular flexibility index (Phi) is 6.52. The highest BCUT2D eigenvalue weighted by atomic mass is 16.5. The largest absolute Gasteiger partial charge is 0.493 e. The van der Waals surface area contributed by atoms with Crippen LogP contribution in [-0.2, 0) is 16.1 Å². The maximum atomic E-state index is 11.7. The van der Waals surface area contributed by atoms with Crippen LogP contribution in [0.5, 0.6) is 11.5 Å². The molecule has 2 N–H and O–H groups in total. The van der Waals surface area contributed by atoms with Gasteiger partial charge in [0.1, 0.15) is 0 Å². The number of carbonyl (C=O) groups excluding carboxylic acids is 1. The maximum absolute atomic E-state index is 11.7. The zero-order chi connectivity index (χ0) is 15.8. The minimum Gasteiger partial charge on any atom is -0.493 e. The number of carboxylic acids is 1. The van der Waals surface area contributed by atoms with Gasteiger partial charge in [0.2, 0.25) is 5.91 Å². The molecule has 0 aliphatic rings. The summed E-state index contributed by atoms with van der Waals surface area (Å²) in [6.07, 6.45) is 0.184. The van der Waals surface area contributed by atoms with Gasteiger partial charge in [-0.1, -0.05) is 13.0 Å². The fourth-order valence-corrected chi connectivity index (χ4v) is 1.95. The van der Waals surface area contributed by atoms with Gasteiger partial charge in [0.15, 0.2) is 11.5 Å². The first-order valence-electron chi connectivity index (χ1n) is 6.65. The van der Waals surface area contributed by atoms with Crippen molar-refractivity contribution in [2.75, 3.05) is 14.2 Å². The van der Waals surface area contributed by atoms with Crippen LogP contribution in [0.4, 0.5) is 0 Å². The van der Waals surface area contributed by atoms with E-state index in [0.717, 1.165) is 5.56 Å². The van der Waals surface area contributed by atoms with E-state index in [4.69, 9.17) is 14.6 Å². The molecule has 1 atom stereocenters. The van der Waals surface area contributed by atoms with Crippen molar-refractivity contribution in [3.63, 3.8) is 0 Å². The second-order valence-corrected chi connectivity index (χ2v) is 4.87. The summed E-state index contributed by atoms with van der Waals surface area (Å²) < 4.78 is 10.3. The van der Waals surface area contributed by atoms with Crippen LogP contribution in [0.1, 0.15) is 25.3 Å². The summed E-state index contributed by atoms with van der Waals surface area (Å²) in [4.78, 5) is 22.3. The van der Waals surface area contributed by atoms with E-state index >= 15 is 0 Å². The lowest BCUT2D eigenvalue weighted by atomic mass is 10.0. The molecule has 6 heteroatoms. The van der Waals surface area contributed by atoms with Crippen LogP contribution in [0.25, 0.3) is 0 Å². The summed E-state index contributed by atoms with van der Waals surface area (Å²) in [5, 5.41) is 11.4. The van der Waals surface area contributed by atoms with Crippen molar-refractivity contribution in [3.05, 3.63) is 23.8 Å². The molecule has 0 bridgehead atoms. The molecule has 1 rings (SSSR count). The topological polar surface area (TPSA) is 84.9 Å². The van der Waals surface area contributed by atoms with E-state index in [1.165, 1.54) is 0 Å². The van der Waals surface area contributed by atoms with Gasteiger partial charge in [-0.05, 0) is 23.6 Å². The summed E-state index contributed by atoms with van der Waals surface area (Å²) in [5.74, 6) is -0.0206. The van der Waals surface area contributed by atoms with Crippen LogP contribution < -0.4 is 14.8 Å². The lowest BCUT2D eigenvalue weighted by Gasteiger charge is -2.11. The van der Waals surface area contributed by atoms with Crippen molar-refractivity contribution in [1.82, 2.24) is 5.32 Å². The van der Waals surface area contributed by atoms with E-state index in [1.54, 1.807) is 33.3 Å². The van der Waals surface area contributed by atoms with Crippen LogP contribution >= 0.6 is 0 Å². The summed E-state index contributed by atoms with van der Waals surface area (Å²) in [6, 6.07) is 5.40. The zero-order valence-electron chi connectivity index (χ0n) is 12.5. The van der Waals surface area contributed by atoms with Crippen LogP contribution in [0.2, 0.25) is 0 Å². The van der Waals surface area contributed by atoms with Gasteiger partial charge in [0.25, 0.3) is 0 Å². The summed E-state index contributed by atoms with van der Waals surface area (Å²) in [5.41, 5.74) is 0.881. The predicted octanol–water partition coefficient (Wildman–Crippen LogP) is 1.82. The number of rotatable bonds is 8. The molecule has 116 valence electrons. The fraction of sp³-hybridized carbons (Fsp3) is 0.467. The molecule has 0 spiro atoms. The highest BCUT2D eigenvalue weighted by Crippen LogP contribution is 2.27. The molecule has 0 heterocycles. The summed E-state index contributed by atoms with van der Waals surface area (Å²) in [6.45, 7) is 2.10. The number of aliphatic carboxylic acids is 1. The van der Waals surface area contributed by atoms with Crippen molar-refractivity contribution in [1.29, 1.82) is 0 Å². The quantitative estimate of drug-likeness (QED) is 0.764. The number of benzene rings is 1. The van der Waals surface area contributed by atoms with Crippen LogP contribution in [0, 0.1) is 5.92 Å². The Balaban J connectivity index is 2.51. The van der Waals surface area contributed by atoms with E-state index in [9.17, 15) is 9.59 Å². The van der Waals surface area contributed by atoms with Gasteiger partial charge in [-0.15, -0.1) is 0 Å². The smallest absolute Gasteiger partial charge is 0.303 e. The number of hydrogen-bond acceptors (Lipinski definition) is 4. The molecule has 0 aliphatic heterocycles. The molecule has 6 nitrogen and oxygen atoms in total. The molecule has 0 fully saturated rings. The summed E-state index contributed by atoms with van der Waals surface area (Å²) in [7, 11) is 3.11. The number of carbonyl (C=O) groups is 2. The van der Waals surface area contributed by atoms with E-state index < -0.39 is 5.97 Å². The van der Waals surface area contributed by atoms with E-state index in [-0.39, 0.29) is 24.7 Å². The number of methoxy groups -OCH3 is 2. The van der Waals surface area contributed by atoms with Crippen molar-refractivity contribution in [2.45, 2.75) is 26.3 Å². The Morgan fingerprint density at radius 1 is 1.19 bits per heavy atom. The number of ether oxygens (including phenoxy) is 2. The molecular weight excluding hydrogens is 274 g/mol. The van der Waals surface area contributed by atoms with E-state index in [2.05, 4.69) is 5.32 Å². The molecule has 0 unspecified atom stereocenters. The third-order valence-corrected chi connectivity index (χ3v) is 2.99. The standard InChI is InChI=1S/C15H21NO5/c1-10(7-15(18)19)6-14(17)16-9-11-4-5-12(20-2)13(8-11)21-3/h4-5,8,10H,6-7,9H2,1-3H3,(H,16,17)(H,18,19)/t10-/m0/s1. The molecule has 1 aromatic rings. The lowest BCUT2D eigenvalue weighted by molar-refractivity contribution is -0.138. The Morgan fingerprint density at radius 3 is 2.43 bits per heavy atom. The second-order valence-electron chi connectivity index (χ2n) is 4.87. The molecule has 1 aromatic carbocycles. The van der Waals surface area contributed by atoms with Crippen molar-refractivity contribution >= 4 is 11.9 Å². The summed E-state index contributed by atoms with van der Waals surface area (Å²) >= 11 is 0. The van der Waals surface area contributed by atoms with E-state index in [0.29, 0.717) is 18.0 Å². The highest BCUT2D eigenvalue weighted by Gasteiger charge is 2.12. The first-order valence-corrected chi connectivity index (χ1v) is 6.65. The highest BCUT2D eigenvalue weighted by molar-refractivity contribution is 5.77. The van der Waals surface area contributed by atoms with E-state index in [1.807, 2.05) is 6.07 Å². The fourth-order valence-electron chi connectivity index (χ4n) is 1.95. The lowest BCUT2D eigenvalue weighted by Crippen LogP contribution is -2.25. The number of carboxylic acid groups (broad SMARTS) is 1. The normalized spacial score (nSPS) is 11.6. The molecule has 21 heavy (non-hydrogen) atoms. The molecule has 0 saturated carbocycles. The van der Waals surface area contributed by atoms with Crippen molar-refractivity contribution < 1.29 is 24.2 Å². The van der Waals surface area contributed by atoms with Gasteiger partial charge in [-0.2, -0.15) is 0 Å². The first kappa shape index (κ1) is 16.8. The molecule has 0 aliphatic carbocycles. The molecular formula is C15H21NO5. The van der Waals surface area contributed by atoms with Crippen molar-refractivity contribution in [3.8, 4) is 11.5 Å². The average molecular weight is 295 g/mol. The van der Waals surface area contributed by atoms with Crippen LogP contribution in [0.3, 0.4) is 0 Å². The molecule has 1 amide bonds. The number of amides is 1. The molecule has 0 aromatic heterocycles. The Morgan fingerprint density at radius 2 is 1.86 bits per heavy atom. The van der Waals surface area contributed by atoms with Gasteiger partial charge in [-0.3, -0.25) is 9.59 Å². The van der Waals surface area contributed by atoms with Crippen molar-refractivity contribution in [2.24, 2.45) is 5.92 Å². The Bertz CT molecular complexity index is 501. The third-order valence-electron chi connectivity index (χ3n) is 2.99.